The number of nitrogens with zero attached hydrogens (tertiary/aromatic N) is 5. The first-order chi connectivity index (χ1) is 10.7. The highest BCUT2D eigenvalue weighted by atomic mass is 16.6. The first kappa shape index (κ1) is 15.7. The van der Waals surface area contributed by atoms with Crippen molar-refractivity contribution in [1.29, 1.82) is 0 Å². The van der Waals surface area contributed by atoms with Gasteiger partial charge in [-0.1, -0.05) is 0 Å². The van der Waals surface area contributed by atoms with Gasteiger partial charge in [-0.3, -0.25) is 4.79 Å². The Labute approximate surface area is 133 Å². The molecule has 1 spiro atoms. The summed E-state index contributed by atoms with van der Waals surface area (Å²) in [5.74, 6) is -0.821. The van der Waals surface area contributed by atoms with Gasteiger partial charge in [0.2, 0.25) is 0 Å². The fraction of sp³-hybridized carbons (Fsp3) is 0.786. The van der Waals surface area contributed by atoms with Crippen LogP contribution in [0.3, 0.4) is 0 Å². The molecule has 9 nitrogen and oxygen atoms in total. The number of carbonyl (C=O) groups is 2. The number of aliphatic carboxylic acids is 1. The van der Waals surface area contributed by atoms with Crippen molar-refractivity contribution in [1.82, 2.24) is 25.1 Å². The molecule has 1 aromatic rings. The SMILES string of the molecule is CC(C)(C)OC(=O)N1CCC2(CC1)c1nnnn1C[C@H]2C(=O)O. The molecule has 3 heterocycles. The van der Waals surface area contributed by atoms with E-state index >= 15 is 0 Å². The zero-order valence-electron chi connectivity index (χ0n) is 13.5. The summed E-state index contributed by atoms with van der Waals surface area (Å²) in [5, 5.41) is 21.1. The van der Waals surface area contributed by atoms with Gasteiger partial charge in [0, 0.05) is 13.1 Å². The summed E-state index contributed by atoms with van der Waals surface area (Å²) >= 11 is 0. The van der Waals surface area contributed by atoms with Gasteiger partial charge >= 0.3 is 12.1 Å². The molecule has 2 aliphatic heterocycles. The van der Waals surface area contributed by atoms with E-state index in [0.717, 1.165) is 0 Å². The first-order valence-electron chi connectivity index (χ1n) is 7.70. The molecule has 0 aromatic carbocycles. The minimum atomic E-state index is -0.858. The number of carbonyl (C=O) groups excluding carboxylic acids is 1. The summed E-state index contributed by atoms with van der Waals surface area (Å²) in [6.07, 6.45) is 0.671. The van der Waals surface area contributed by atoms with Crippen molar-refractivity contribution in [2.24, 2.45) is 5.92 Å². The number of carboxylic acid groups (broad SMARTS) is 1. The molecule has 1 saturated heterocycles. The molecule has 126 valence electrons. The standard InChI is InChI=1S/C14H21N5O4/c1-13(2,3)23-12(22)18-6-4-14(5-7-18)9(10(20)21)8-19-11(14)15-16-17-19/h9H,4-8H2,1-3H3,(H,20,21)/t9-/m0/s1. The highest BCUT2D eigenvalue weighted by Crippen LogP contribution is 2.46. The number of amides is 1. The second kappa shape index (κ2) is 5.17. The van der Waals surface area contributed by atoms with Crippen molar-refractivity contribution < 1.29 is 19.4 Å². The molecule has 1 fully saturated rings. The van der Waals surface area contributed by atoms with Crippen LogP contribution in [0.5, 0.6) is 0 Å². The second-order valence-electron chi connectivity index (χ2n) is 7.20. The minimum Gasteiger partial charge on any atom is -0.481 e. The summed E-state index contributed by atoms with van der Waals surface area (Å²) in [5.41, 5.74) is -1.15. The largest absolute Gasteiger partial charge is 0.481 e. The van der Waals surface area contributed by atoms with Gasteiger partial charge in [0.25, 0.3) is 0 Å². The highest BCUT2D eigenvalue weighted by molar-refractivity contribution is 5.73. The number of rotatable bonds is 1. The molecule has 0 unspecified atom stereocenters. The lowest BCUT2D eigenvalue weighted by Crippen LogP contribution is -2.50. The molecule has 0 radical (unpaired) electrons. The average Bonchev–Trinajstić information content (AvgIpc) is 3.00. The van der Waals surface area contributed by atoms with Crippen LogP contribution in [0.15, 0.2) is 0 Å². The molecule has 9 heteroatoms. The average molecular weight is 323 g/mol. The number of likely N-dealkylation sites (tertiary alicyclic amines) is 1. The van der Waals surface area contributed by atoms with Gasteiger partial charge in [-0.05, 0) is 44.0 Å². The van der Waals surface area contributed by atoms with E-state index in [9.17, 15) is 14.7 Å². The van der Waals surface area contributed by atoms with Crippen molar-refractivity contribution in [2.75, 3.05) is 13.1 Å². The molecule has 3 rings (SSSR count). The molecule has 1 N–H and O–H groups in total. The molecular formula is C14H21N5O4. The Morgan fingerprint density at radius 1 is 1.30 bits per heavy atom. The van der Waals surface area contributed by atoms with Crippen LogP contribution in [0.2, 0.25) is 0 Å². The number of fused-ring (bicyclic) bond motifs is 2. The van der Waals surface area contributed by atoms with E-state index in [4.69, 9.17) is 4.74 Å². The third-order valence-corrected chi connectivity index (χ3v) is 4.61. The summed E-state index contributed by atoms with van der Waals surface area (Å²) in [6, 6.07) is 0. The van der Waals surface area contributed by atoms with Gasteiger partial charge in [-0.25, -0.2) is 9.48 Å². The number of hydrogen-bond donors (Lipinski definition) is 1. The molecule has 1 aromatic heterocycles. The van der Waals surface area contributed by atoms with Crippen molar-refractivity contribution in [3.8, 4) is 0 Å². The van der Waals surface area contributed by atoms with Crippen LogP contribution in [-0.2, 0) is 21.5 Å². The van der Waals surface area contributed by atoms with Crippen molar-refractivity contribution in [3.05, 3.63) is 5.82 Å². The summed E-state index contributed by atoms with van der Waals surface area (Å²) in [7, 11) is 0. The van der Waals surface area contributed by atoms with E-state index in [2.05, 4.69) is 15.5 Å². The quantitative estimate of drug-likeness (QED) is 0.808. The Morgan fingerprint density at radius 3 is 2.52 bits per heavy atom. The fourth-order valence-electron chi connectivity index (χ4n) is 3.49. The molecule has 1 atom stereocenters. The Morgan fingerprint density at radius 2 is 1.96 bits per heavy atom. The third-order valence-electron chi connectivity index (χ3n) is 4.61. The predicted octanol–water partition coefficient (Wildman–Crippen LogP) is 0.656. The molecule has 0 aliphatic carbocycles. The van der Waals surface area contributed by atoms with Gasteiger partial charge < -0.3 is 14.7 Å². The maximum Gasteiger partial charge on any atom is 0.410 e. The van der Waals surface area contributed by atoms with E-state index in [0.29, 0.717) is 31.8 Å². The number of tetrazole rings is 1. The Bertz CT molecular complexity index is 627. The lowest BCUT2D eigenvalue weighted by Gasteiger charge is -2.40. The lowest BCUT2D eigenvalue weighted by molar-refractivity contribution is -0.145. The van der Waals surface area contributed by atoms with Crippen molar-refractivity contribution in [3.63, 3.8) is 0 Å². The van der Waals surface area contributed by atoms with Gasteiger partial charge in [0.05, 0.1) is 17.9 Å². The monoisotopic (exact) mass is 323 g/mol. The number of hydrogen-bond acceptors (Lipinski definition) is 6. The van der Waals surface area contributed by atoms with Gasteiger partial charge in [-0.15, -0.1) is 5.10 Å². The summed E-state index contributed by atoms with van der Waals surface area (Å²) in [4.78, 5) is 25.4. The third kappa shape index (κ3) is 2.64. The van der Waals surface area contributed by atoms with E-state index in [1.165, 1.54) is 0 Å². The molecule has 23 heavy (non-hydrogen) atoms. The maximum atomic E-state index is 12.2. The number of carboxylic acids is 1. The zero-order valence-corrected chi connectivity index (χ0v) is 13.5. The lowest BCUT2D eigenvalue weighted by atomic mass is 9.70. The van der Waals surface area contributed by atoms with Crippen LogP contribution in [0, 0.1) is 5.92 Å². The van der Waals surface area contributed by atoms with Gasteiger partial charge in [0.15, 0.2) is 5.82 Å². The fourth-order valence-corrected chi connectivity index (χ4v) is 3.49. The number of piperidine rings is 1. The smallest absolute Gasteiger partial charge is 0.410 e. The van der Waals surface area contributed by atoms with Gasteiger partial charge in [-0.2, -0.15) is 0 Å². The second-order valence-corrected chi connectivity index (χ2v) is 7.20. The van der Waals surface area contributed by atoms with Crippen LogP contribution in [0.25, 0.3) is 0 Å². The van der Waals surface area contributed by atoms with E-state index in [-0.39, 0.29) is 12.6 Å². The maximum absolute atomic E-state index is 12.2. The van der Waals surface area contributed by atoms with E-state index in [1.807, 2.05) is 20.8 Å². The molecule has 1 amide bonds. The van der Waals surface area contributed by atoms with Crippen LogP contribution < -0.4 is 0 Å². The molecule has 2 aliphatic rings. The summed E-state index contributed by atoms with van der Waals surface area (Å²) < 4.78 is 6.95. The normalized spacial score (nSPS) is 22.9. The predicted molar refractivity (Wildman–Crippen MR) is 77.7 cm³/mol. The first-order valence-corrected chi connectivity index (χ1v) is 7.70. The Hall–Kier alpha value is -2.19. The Kier molecular flexibility index (Phi) is 3.53. The van der Waals surface area contributed by atoms with Crippen LogP contribution in [0.1, 0.15) is 39.4 Å². The van der Waals surface area contributed by atoms with E-state index in [1.54, 1.807) is 9.58 Å². The van der Waals surface area contributed by atoms with Crippen molar-refractivity contribution in [2.45, 2.75) is 51.2 Å². The molecule has 0 bridgehead atoms. The molecular weight excluding hydrogens is 302 g/mol. The Balaban J connectivity index is 1.76. The number of ether oxygens (including phenoxy) is 1. The zero-order chi connectivity index (χ0) is 16.8. The topological polar surface area (TPSA) is 110 Å². The van der Waals surface area contributed by atoms with Crippen LogP contribution >= 0.6 is 0 Å². The van der Waals surface area contributed by atoms with Gasteiger partial charge in [0.1, 0.15) is 5.60 Å². The number of aromatic nitrogens is 4. The van der Waals surface area contributed by atoms with Crippen molar-refractivity contribution >= 4 is 12.1 Å². The highest BCUT2D eigenvalue weighted by Gasteiger charge is 2.55. The van der Waals surface area contributed by atoms with E-state index < -0.39 is 22.9 Å². The molecule has 0 saturated carbocycles. The summed E-state index contributed by atoms with van der Waals surface area (Å²) in [6.45, 7) is 6.62. The van der Waals surface area contributed by atoms with Crippen LogP contribution in [0.4, 0.5) is 4.79 Å². The van der Waals surface area contributed by atoms with Crippen LogP contribution in [-0.4, -0.2) is 61.0 Å². The minimum absolute atomic E-state index is 0.282.